The number of hydrogen-bond donors (Lipinski definition) is 2. The molecule has 2 rings (SSSR count). The Morgan fingerprint density at radius 1 is 1.28 bits per heavy atom. The second kappa shape index (κ2) is 6.30. The van der Waals surface area contributed by atoms with Crippen LogP contribution in [0.5, 0.6) is 0 Å². The third-order valence-corrected chi connectivity index (χ3v) is 3.88. The molecule has 2 nitrogen and oxygen atoms in total. The van der Waals surface area contributed by atoms with Crippen LogP contribution in [0.25, 0.3) is 0 Å². The van der Waals surface area contributed by atoms with Gasteiger partial charge in [-0.2, -0.15) is 0 Å². The SMILES string of the molecule is CCC[NH+](CCC)[C@@H]1C[NH2+]Cc2cc(F)ccc21. The van der Waals surface area contributed by atoms with Crippen molar-refractivity contribution in [1.82, 2.24) is 0 Å². The van der Waals surface area contributed by atoms with Crippen LogP contribution in [-0.4, -0.2) is 19.6 Å². The first-order chi connectivity index (χ1) is 8.76. The van der Waals surface area contributed by atoms with Crippen LogP contribution < -0.4 is 10.2 Å². The van der Waals surface area contributed by atoms with Crippen LogP contribution in [-0.2, 0) is 6.54 Å². The van der Waals surface area contributed by atoms with Gasteiger partial charge in [0.05, 0.1) is 13.1 Å². The van der Waals surface area contributed by atoms with E-state index in [4.69, 9.17) is 0 Å². The third kappa shape index (κ3) is 2.90. The molecule has 1 aliphatic heterocycles. The van der Waals surface area contributed by atoms with Crippen LogP contribution in [0.1, 0.15) is 43.9 Å². The molecule has 1 aromatic rings. The summed E-state index contributed by atoms with van der Waals surface area (Å²) in [5.74, 6) is -0.102. The molecule has 0 bridgehead atoms. The Balaban J connectivity index is 2.24. The van der Waals surface area contributed by atoms with Gasteiger partial charge in [0.2, 0.25) is 0 Å². The van der Waals surface area contributed by atoms with Gasteiger partial charge < -0.3 is 10.2 Å². The number of benzene rings is 1. The Morgan fingerprint density at radius 3 is 2.67 bits per heavy atom. The van der Waals surface area contributed by atoms with Crippen molar-refractivity contribution in [2.75, 3.05) is 19.6 Å². The molecule has 3 heteroatoms. The van der Waals surface area contributed by atoms with Crippen molar-refractivity contribution in [3.05, 3.63) is 35.1 Å². The molecule has 0 aromatic heterocycles. The maximum Gasteiger partial charge on any atom is 0.163 e. The van der Waals surface area contributed by atoms with Crippen molar-refractivity contribution < 1.29 is 14.6 Å². The zero-order chi connectivity index (χ0) is 13.0. The van der Waals surface area contributed by atoms with E-state index < -0.39 is 0 Å². The second-order valence-corrected chi connectivity index (χ2v) is 5.28. The minimum Gasteiger partial charge on any atom is -0.337 e. The number of halogens is 1. The van der Waals surface area contributed by atoms with Gasteiger partial charge in [-0.25, -0.2) is 4.39 Å². The maximum atomic E-state index is 13.3. The number of hydrogen-bond acceptors (Lipinski definition) is 0. The highest BCUT2D eigenvalue weighted by atomic mass is 19.1. The predicted molar refractivity (Wildman–Crippen MR) is 70.9 cm³/mol. The van der Waals surface area contributed by atoms with E-state index in [0.29, 0.717) is 6.04 Å². The molecule has 0 aliphatic carbocycles. The monoisotopic (exact) mass is 252 g/mol. The normalized spacial score (nSPS) is 19.0. The van der Waals surface area contributed by atoms with Crippen molar-refractivity contribution in [3.8, 4) is 0 Å². The molecule has 100 valence electrons. The minimum absolute atomic E-state index is 0.102. The van der Waals surface area contributed by atoms with Crippen LogP contribution in [0.15, 0.2) is 18.2 Å². The summed E-state index contributed by atoms with van der Waals surface area (Å²) in [6.07, 6.45) is 2.42. The minimum atomic E-state index is -0.102. The van der Waals surface area contributed by atoms with E-state index in [1.54, 1.807) is 17.0 Å². The number of quaternary nitrogens is 2. The maximum absolute atomic E-state index is 13.3. The molecule has 0 unspecified atom stereocenters. The molecule has 18 heavy (non-hydrogen) atoms. The molecule has 0 saturated heterocycles. The molecule has 0 spiro atoms. The summed E-state index contributed by atoms with van der Waals surface area (Å²) in [5.41, 5.74) is 2.56. The quantitative estimate of drug-likeness (QED) is 0.768. The lowest BCUT2D eigenvalue weighted by Gasteiger charge is -2.31. The third-order valence-electron chi connectivity index (χ3n) is 3.88. The molecule has 3 N–H and O–H groups in total. The lowest BCUT2D eigenvalue weighted by Crippen LogP contribution is -3.15. The fraction of sp³-hybridized carbons (Fsp3) is 0.600. The smallest absolute Gasteiger partial charge is 0.163 e. The van der Waals surface area contributed by atoms with Gasteiger partial charge in [-0.1, -0.05) is 13.8 Å². The number of nitrogens with one attached hydrogen (secondary N) is 1. The summed E-state index contributed by atoms with van der Waals surface area (Å²) in [7, 11) is 0. The lowest BCUT2D eigenvalue weighted by molar-refractivity contribution is -0.948. The summed E-state index contributed by atoms with van der Waals surface area (Å²) in [5, 5.41) is 2.32. The topological polar surface area (TPSA) is 21.1 Å². The predicted octanol–water partition coefficient (Wildman–Crippen LogP) is 0.649. The first kappa shape index (κ1) is 13.5. The van der Waals surface area contributed by atoms with E-state index in [2.05, 4.69) is 19.2 Å². The van der Waals surface area contributed by atoms with E-state index >= 15 is 0 Å². The summed E-state index contributed by atoms with van der Waals surface area (Å²) < 4.78 is 13.3. The molecular weight excluding hydrogens is 227 g/mol. The Bertz CT molecular complexity index is 386. The number of nitrogens with two attached hydrogens (primary N) is 1. The Kier molecular flexibility index (Phi) is 4.72. The van der Waals surface area contributed by atoms with Gasteiger partial charge in [0.25, 0.3) is 0 Å². The largest absolute Gasteiger partial charge is 0.337 e. The van der Waals surface area contributed by atoms with Crippen molar-refractivity contribution in [2.45, 2.75) is 39.3 Å². The van der Waals surface area contributed by atoms with Crippen molar-refractivity contribution in [3.63, 3.8) is 0 Å². The van der Waals surface area contributed by atoms with Crippen LogP contribution >= 0.6 is 0 Å². The molecule has 0 radical (unpaired) electrons. The van der Waals surface area contributed by atoms with E-state index in [-0.39, 0.29) is 5.82 Å². The van der Waals surface area contributed by atoms with Crippen molar-refractivity contribution >= 4 is 0 Å². The number of rotatable bonds is 5. The van der Waals surface area contributed by atoms with Gasteiger partial charge in [-0.3, -0.25) is 0 Å². The van der Waals surface area contributed by atoms with E-state index in [9.17, 15) is 4.39 Å². The standard InChI is InChI=1S/C15H23FN2/c1-3-7-18(8-4-2)15-11-17-10-12-9-13(16)5-6-14(12)15/h5-6,9,15,17H,3-4,7-8,10-11H2,1-2H3/p+2/t15-/m1/s1. The van der Waals surface area contributed by atoms with Gasteiger partial charge in [-0.15, -0.1) is 0 Å². The second-order valence-electron chi connectivity index (χ2n) is 5.28. The van der Waals surface area contributed by atoms with E-state index in [0.717, 1.165) is 13.1 Å². The molecule has 0 fully saturated rings. The first-order valence-corrected chi connectivity index (χ1v) is 7.20. The Labute approximate surface area is 109 Å². The van der Waals surface area contributed by atoms with E-state index in [1.807, 2.05) is 6.07 Å². The summed E-state index contributed by atoms with van der Waals surface area (Å²) in [4.78, 5) is 1.66. The molecule has 0 saturated carbocycles. The first-order valence-electron chi connectivity index (χ1n) is 7.20. The molecule has 1 heterocycles. The highest BCUT2D eigenvalue weighted by Crippen LogP contribution is 2.18. The molecule has 0 amide bonds. The fourth-order valence-corrected chi connectivity index (χ4v) is 3.13. The van der Waals surface area contributed by atoms with Crippen LogP contribution in [0.2, 0.25) is 0 Å². The van der Waals surface area contributed by atoms with Gasteiger partial charge >= 0.3 is 0 Å². The van der Waals surface area contributed by atoms with Crippen LogP contribution in [0, 0.1) is 5.82 Å². The zero-order valence-electron chi connectivity index (χ0n) is 11.5. The molecule has 1 aliphatic rings. The van der Waals surface area contributed by atoms with Gasteiger partial charge in [0.1, 0.15) is 18.9 Å². The van der Waals surface area contributed by atoms with Gasteiger partial charge in [0.15, 0.2) is 6.04 Å². The Morgan fingerprint density at radius 2 is 2.00 bits per heavy atom. The van der Waals surface area contributed by atoms with E-state index in [1.165, 1.54) is 37.1 Å². The highest BCUT2D eigenvalue weighted by Gasteiger charge is 2.30. The van der Waals surface area contributed by atoms with Crippen LogP contribution in [0.3, 0.4) is 0 Å². The summed E-state index contributed by atoms with van der Waals surface area (Å²) in [6, 6.07) is 5.88. The fourth-order valence-electron chi connectivity index (χ4n) is 3.13. The molecule has 1 atom stereocenters. The average Bonchev–Trinajstić information content (AvgIpc) is 2.37. The lowest BCUT2D eigenvalue weighted by atomic mass is 9.95. The molecule has 1 aromatic carbocycles. The van der Waals surface area contributed by atoms with Crippen LogP contribution in [0.4, 0.5) is 4.39 Å². The number of fused-ring (bicyclic) bond motifs is 1. The highest BCUT2D eigenvalue weighted by molar-refractivity contribution is 5.30. The average molecular weight is 252 g/mol. The molecular formula is C15H25FN2+2. The summed E-state index contributed by atoms with van der Waals surface area (Å²) >= 11 is 0. The van der Waals surface area contributed by atoms with Crippen molar-refractivity contribution in [1.29, 1.82) is 0 Å². The van der Waals surface area contributed by atoms with Crippen molar-refractivity contribution in [2.24, 2.45) is 0 Å². The Hall–Kier alpha value is -0.930. The van der Waals surface area contributed by atoms with Gasteiger partial charge in [0, 0.05) is 11.1 Å². The zero-order valence-corrected chi connectivity index (χ0v) is 11.5. The summed E-state index contributed by atoms with van der Waals surface area (Å²) in [6.45, 7) is 8.97. The van der Waals surface area contributed by atoms with Gasteiger partial charge in [-0.05, 0) is 31.0 Å².